The van der Waals surface area contributed by atoms with E-state index >= 15 is 0 Å². The van der Waals surface area contributed by atoms with Gasteiger partial charge in [0.05, 0.1) is 14.2 Å². The minimum Gasteiger partial charge on any atom is -0.497 e. The molecule has 0 fully saturated rings. The van der Waals surface area contributed by atoms with E-state index in [2.05, 4.69) is 10.6 Å². The molecule has 0 saturated heterocycles. The Balaban J connectivity index is 1.77. The Hall–Kier alpha value is -3.55. The number of anilines is 1. The number of methoxy groups -OCH3 is 2. The lowest BCUT2D eigenvalue weighted by Crippen LogP contribution is -2.37. The highest BCUT2D eigenvalue weighted by Crippen LogP contribution is 2.23. The Morgan fingerprint density at radius 2 is 1.63 bits per heavy atom. The van der Waals surface area contributed by atoms with E-state index in [0.717, 1.165) is 16.7 Å². The summed E-state index contributed by atoms with van der Waals surface area (Å²) in [4.78, 5) is 35.7. The van der Waals surface area contributed by atoms with Gasteiger partial charge in [-0.15, -0.1) is 0 Å². The van der Waals surface area contributed by atoms with Crippen molar-refractivity contribution in [2.45, 2.75) is 26.7 Å². The number of esters is 1. The largest absolute Gasteiger partial charge is 0.497 e. The molecular weight excluding hydrogens is 388 g/mol. The van der Waals surface area contributed by atoms with Crippen molar-refractivity contribution in [1.29, 1.82) is 0 Å². The van der Waals surface area contributed by atoms with Gasteiger partial charge >= 0.3 is 12.0 Å². The van der Waals surface area contributed by atoms with E-state index in [1.807, 2.05) is 19.9 Å². The molecule has 2 aromatic rings. The number of urea groups is 1. The maximum Gasteiger partial charge on any atom is 0.325 e. The van der Waals surface area contributed by atoms with Crippen LogP contribution in [0.4, 0.5) is 10.5 Å². The molecule has 0 aliphatic rings. The van der Waals surface area contributed by atoms with Gasteiger partial charge in [0.15, 0.2) is 6.61 Å². The van der Waals surface area contributed by atoms with Crippen molar-refractivity contribution < 1.29 is 28.6 Å². The maximum atomic E-state index is 12.0. The molecule has 0 saturated carbocycles. The van der Waals surface area contributed by atoms with E-state index < -0.39 is 24.5 Å². The molecule has 0 radical (unpaired) electrons. The topological polar surface area (TPSA) is 103 Å². The molecule has 2 aromatic carbocycles. The zero-order chi connectivity index (χ0) is 22.1. The van der Waals surface area contributed by atoms with Gasteiger partial charge in [-0.25, -0.2) is 4.79 Å². The van der Waals surface area contributed by atoms with Crippen molar-refractivity contribution in [3.63, 3.8) is 0 Å². The summed E-state index contributed by atoms with van der Waals surface area (Å²) in [5.41, 5.74) is 3.36. The summed E-state index contributed by atoms with van der Waals surface area (Å²) in [6.07, 6.45) is 0.458. The van der Waals surface area contributed by atoms with Gasteiger partial charge in [-0.1, -0.05) is 12.1 Å². The minimum atomic E-state index is -0.714. The van der Waals surface area contributed by atoms with Crippen molar-refractivity contribution in [3.05, 3.63) is 53.1 Å². The Bertz CT molecular complexity index is 904. The average molecular weight is 414 g/mol. The summed E-state index contributed by atoms with van der Waals surface area (Å²) < 4.78 is 15.3. The van der Waals surface area contributed by atoms with E-state index in [-0.39, 0.29) is 6.42 Å². The summed E-state index contributed by atoms with van der Waals surface area (Å²) in [5.74, 6) is -0.0324. The van der Waals surface area contributed by atoms with Gasteiger partial charge in [-0.3, -0.25) is 14.9 Å². The Morgan fingerprint density at radius 3 is 2.27 bits per heavy atom. The molecule has 0 bridgehead atoms. The molecule has 3 amide bonds. The lowest BCUT2D eigenvalue weighted by atomic mass is 10.1. The van der Waals surface area contributed by atoms with Crippen molar-refractivity contribution in [3.8, 4) is 11.5 Å². The Kier molecular flexibility index (Phi) is 8.22. The predicted octanol–water partition coefficient (Wildman–Crippen LogP) is 3.14. The minimum absolute atomic E-state index is 0.0677. The van der Waals surface area contributed by atoms with E-state index in [1.165, 1.54) is 0 Å². The van der Waals surface area contributed by atoms with Crippen LogP contribution in [0.1, 0.15) is 23.1 Å². The van der Waals surface area contributed by atoms with Gasteiger partial charge in [0.25, 0.3) is 5.91 Å². The first kappa shape index (κ1) is 22.7. The van der Waals surface area contributed by atoms with Crippen LogP contribution in [0.15, 0.2) is 36.4 Å². The van der Waals surface area contributed by atoms with E-state index in [0.29, 0.717) is 23.6 Å². The molecular formula is C22H26N2O6. The van der Waals surface area contributed by atoms with Gasteiger partial charge in [-0.2, -0.15) is 0 Å². The monoisotopic (exact) mass is 414 g/mol. The van der Waals surface area contributed by atoms with Crippen LogP contribution in [0.3, 0.4) is 0 Å². The molecule has 0 heterocycles. The molecule has 0 aliphatic carbocycles. The smallest absolute Gasteiger partial charge is 0.325 e. The second kappa shape index (κ2) is 10.8. The predicted molar refractivity (Wildman–Crippen MR) is 112 cm³/mol. The first-order valence-electron chi connectivity index (χ1n) is 9.37. The van der Waals surface area contributed by atoms with Crippen LogP contribution in [-0.4, -0.2) is 38.7 Å². The van der Waals surface area contributed by atoms with E-state index in [1.54, 1.807) is 44.6 Å². The number of imide groups is 1. The lowest BCUT2D eigenvalue weighted by Gasteiger charge is -2.11. The van der Waals surface area contributed by atoms with E-state index in [4.69, 9.17) is 14.2 Å². The lowest BCUT2D eigenvalue weighted by molar-refractivity contribution is -0.148. The quantitative estimate of drug-likeness (QED) is 0.644. The fourth-order valence-corrected chi connectivity index (χ4v) is 2.68. The Morgan fingerprint density at radius 1 is 0.967 bits per heavy atom. The Labute approximate surface area is 175 Å². The number of hydrogen-bond donors (Lipinski definition) is 2. The molecule has 2 rings (SSSR count). The third kappa shape index (κ3) is 6.80. The van der Waals surface area contributed by atoms with Crippen molar-refractivity contribution >= 4 is 23.6 Å². The summed E-state index contributed by atoms with van der Waals surface area (Å²) in [5, 5.41) is 4.74. The number of carbonyl (C=O) groups excluding carboxylic acids is 3. The highest BCUT2D eigenvalue weighted by atomic mass is 16.5. The van der Waals surface area contributed by atoms with Crippen LogP contribution in [0, 0.1) is 13.8 Å². The number of rotatable bonds is 8. The molecule has 8 nitrogen and oxygen atoms in total. The molecule has 30 heavy (non-hydrogen) atoms. The number of aryl methyl sites for hydroxylation is 2. The van der Waals surface area contributed by atoms with Gasteiger partial charge in [-0.05, 0) is 55.2 Å². The number of carbonyl (C=O) groups is 3. The fraction of sp³-hybridized carbons (Fsp3) is 0.318. The summed E-state index contributed by atoms with van der Waals surface area (Å²) >= 11 is 0. The van der Waals surface area contributed by atoms with Gasteiger partial charge in [0.2, 0.25) is 0 Å². The molecule has 0 atom stereocenters. The second-order valence-corrected chi connectivity index (χ2v) is 6.63. The fourth-order valence-electron chi connectivity index (χ4n) is 2.68. The van der Waals surface area contributed by atoms with Crippen LogP contribution >= 0.6 is 0 Å². The zero-order valence-corrected chi connectivity index (χ0v) is 17.5. The molecule has 8 heteroatoms. The standard InChI is InChI=1S/C22H26N2O6/c1-14-6-5-7-19(15(14)2)23-22(27)24-20(25)13-30-21(26)9-8-16-10-17(28-3)12-18(11-16)29-4/h5-7,10-12H,8-9,13H2,1-4H3,(H2,23,24,25,27). The molecule has 2 N–H and O–H groups in total. The molecule has 0 aromatic heterocycles. The number of benzene rings is 2. The van der Waals surface area contributed by atoms with Crippen LogP contribution in [0.5, 0.6) is 11.5 Å². The first-order chi connectivity index (χ1) is 14.3. The third-order valence-corrected chi connectivity index (χ3v) is 4.50. The van der Waals surface area contributed by atoms with Crippen LogP contribution in [0.2, 0.25) is 0 Å². The van der Waals surface area contributed by atoms with Gasteiger partial charge in [0, 0.05) is 18.2 Å². The van der Waals surface area contributed by atoms with E-state index in [9.17, 15) is 14.4 Å². The molecule has 160 valence electrons. The van der Waals surface area contributed by atoms with Gasteiger partial charge in [0.1, 0.15) is 11.5 Å². The summed E-state index contributed by atoms with van der Waals surface area (Å²) in [6, 6.07) is 10.1. The second-order valence-electron chi connectivity index (χ2n) is 6.63. The summed E-state index contributed by atoms with van der Waals surface area (Å²) in [7, 11) is 3.09. The highest BCUT2D eigenvalue weighted by Gasteiger charge is 2.13. The first-order valence-corrected chi connectivity index (χ1v) is 9.37. The maximum absolute atomic E-state index is 12.0. The van der Waals surface area contributed by atoms with Crippen LogP contribution in [0.25, 0.3) is 0 Å². The molecule has 0 aliphatic heterocycles. The highest BCUT2D eigenvalue weighted by molar-refractivity contribution is 6.02. The molecule has 0 spiro atoms. The van der Waals surface area contributed by atoms with Crippen molar-refractivity contribution in [2.24, 2.45) is 0 Å². The van der Waals surface area contributed by atoms with Gasteiger partial charge < -0.3 is 19.5 Å². The normalized spacial score (nSPS) is 10.1. The number of amides is 3. The van der Waals surface area contributed by atoms with Crippen LogP contribution in [-0.2, 0) is 20.7 Å². The van der Waals surface area contributed by atoms with Crippen LogP contribution < -0.4 is 20.1 Å². The number of hydrogen-bond acceptors (Lipinski definition) is 6. The SMILES string of the molecule is COc1cc(CCC(=O)OCC(=O)NC(=O)Nc2cccc(C)c2C)cc(OC)c1. The van der Waals surface area contributed by atoms with Crippen molar-refractivity contribution in [2.75, 3.05) is 26.1 Å². The zero-order valence-electron chi connectivity index (χ0n) is 17.5. The number of nitrogens with one attached hydrogen (secondary N) is 2. The molecule has 0 unspecified atom stereocenters. The van der Waals surface area contributed by atoms with Crippen molar-refractivity contribution in [1.82, 2.24) is 5.32 Å². The summed E-state index contributed by atoms with van der Waals surface area (Å²) in [6.45, 7) is 3.25. The number of ether oxygens (including phenoxy) is 3. The third-order valence-electron chi connectivity index (χ3n) is 4.50. The average Bonchev–Trinajstić information content (AvgIpc) is 2.73.